The first-order chi connectivity index (χ1) is 41.5. The first-order valence-electron chi connectivity index (χ1n) is 35.1. The second kappa shape index (κ2) is 60.6. The molecule has 0 aromatic rings. The molecule has 0 bridgehead atoms. The summed E-state index contributed by atoms with van der Waals surface area (Å²) in [5, 5.41) is 10.5. The molecule has 0 fully saturated rings. The van der Waals surface area contributed by atoms with E-state index in [9.17, 15) is 43.2 Å². The highest BCUT2D eigenvalue weighted by Crippen LogP contribution is 2.45. The zero-order valence-electron chi connectivity index (χ0n) is 55.4. The Labute approximate surface area is 524 Å². The molecule has 0 aromatic heterocycles. The number of hydrogen-bond donors (Lipinski definition) is 3. The Balaban J connectivity index is 5.21. The Morgan fingerprint density at radius 1 is 0.314 bits per heavy atom. The van der Waals surface area contributed by atoms with E-state index in [0.29, 0.717) is 25.7 Å². The van der Waals surface area contributed by atoms with Crippen LogP contribution in [0.2, 0.25) is 0 Å². The monoisotopic (exact) mass is 1270 g/mol. The molecule has 0 heterocycles. The van der Waals surface area contributed by atoms with Crippen LogP contribution in [-0.4, -0.2) is 96.7 Å². The van der Waals surface area contributed by atoms with Gasteiger partial charge in [-0.15, -0.1) is 0 Å². The molecule has 17 nitrogen and oxygen atoms in total. The molecule has 5 atom stereocenters. The normalized spacial score (nSPS) is 14.2. The van der Waals surface area contributed by atoms with Gasteiger partial charge in [-0.1, -0.05) is 291 Å². The van der Waals surface area contributed by atoms with Gasteiger partial charge in [0, 0.05) is 25.7 Å². The lowest BCUT2D eigenvalue weighted by Gasteiger charge is -2.21. The highest BCUT2D eigenvalue weighted by molar-refractivity contribution is 7.47. The van der Waals surface area contributed by atoms with Crippen LogP contribution in [0, 0.1) is 5.92 Å². The Morgan fingerprint density at radius 3 is 0.791 bits per heavy atom. The maximum atomic E-state index is 13.0. The second-order valence-corrected chi connectivity index (χ2v) is 27.6. The van der Waals surface area contributed by atoms with Gasteiger partial charge in [0.1, 0.15) is 19.3 Å². The van der Waals surface area contributed by atoms with E-state index in [2.05, 4.69) is 34.6 Å². The summed E-state index contributed by atoms with van der Waals surface area (Å²) < 4.78 is 68.1. The van der Waals surface area contributed by atoms with E-state index in [-0.39, 0.29) is 25.7 Å². The van der Waals surface area contributed by atoms with Crippen molar-refractivity contribution < 1.29 is 80.2 Å². The predicted octanol–water partition coefficient (Wildman–Crippen LogP) is 19.0. The van der Waals surface area contributed by atoms with Crippen molar-refractivity contribution in [3.05, 3.63) is 0 Å². The lowest BCUT2D eigenvalue weighted by Crippen LogP contribution is -2.30. The molecule has 0 aliphatic heterocycles. The van der Waals surface area contributed by atoms with E-state index in [1.165, 1.54) is 161 Å². The molecule has 0 aromatic carbocycles. The van der Waals surface area contributed by atoms with Crippen LogP contribution in [0.25, 0.3) is 0 Å². The van der Waals surface area contributed by atoms with Gasteiger partial charge in [0.15, 0.2) is 12.2 Å². The number of aliphatic hydroxyl groups excluding tert-OH is 1. The maximum Gasteiger partial charge on any atom is 0.472 e. The third-order valence-electron chi connectivity index (χ3n) is 15.5. The quantitative estimate of drug-likeness (QED) is 0.0222. The van der Waals surface area contributed by atoms with Crippen LogP contribution in [0.4, 0.5) is 0 Å². The van der Waals surface area contributed by atoms with E-state index >= 15 is 0 Å². The van der Waals surface area contributed by atoms with Crippen LogP contribution in [0.15, 0.2) is 0 Å². The smallest absolute Gasteiger partial charge is 0.462 e. The van der Waals surface area contributed by atoms with Crippen LogP contribution in [-0.2, 0) is 65.4 Å². The van der Waals surface area contributed by atoms with Crippen molar-refractivity contribution in [3.63, 3.8) is 0 Å². The molecule has 86 heavy (non-hydrogen) atoms. The van der Waals surface area contributed by atoms with Crippen molar-refractivity contribution in [2.24, 2.45) is 5.92 Å². The van der Waals surface area contributed by atoms with Crippen LogP contribution < -0.4 is 0 Å². The third-order valence-corrected chi connectivity index (χ3v) is 17.4. The average Bonchev–Trinajstić information content (AvgIpc) is 3.56. The van der Waals surface area contributed by atoms with Gasteiger partial charge in [-0.3, -0.25) is 37.3 Å². The van der Waals surface area contributed by atoms with Gasteiger partial charge in [-0.05, 0) is 31.6 Å². The summed E-state index contributed by atoms with van der Waals surface area (Å²) in [7, 11) is -9.89. The lowest BCUT2D eigenvalue weighted by atomic mass is 10.0. The van der Waals surface area contributed by atoms with Gasteiger partial charge in [0.25, 0.3) is 0 Å². The standard InChI is InChI=1S/C67H130O17P2/c1-6-9-12-15-18-21-23-28-32-36-41-46-51-65(70)78-57-63(84-67(72)53-48-43-38-33-29-26-24-25-27-30-34-39-44-49-60(4)5)59-82-86(75,76)80-55-61(68)54-79-85(73,74)81-58-62(56-77-64(69)50-45-40-35-20-17-14-11-8-3)83-66(71)52-47-42-37-31-22-19-16-13-10-7-2/h60-63,68H,6-59H2,1-5H3,(H,73,74)(H,75,76)/t61-,62+,63+/m0/s1. The van der Waals surface area contributed by atoms with Crippen molar-refractivity contribution in [2.75, 3.05) is 39.6 Å². The third kappa shape index (κ3) is 60.9. The average molecular weight is 1270 g/mol. The van der Waals surface area contributed by atoms with E-state index in [1.54, 1.807) is 0 Å². The van der Waals surface area contributed by atoms with Gasteiger partial charge in [0.05, 0.1) is 26.4 Å². The summed E-state index contributed by atoms with van der Waals surface area (Å²) in [4.78, 5) is 72.3. The highest BCUT2D eigenvalue weighted by atomic mass is 31.2. The molecule has 0 rings (SSSR count). The van der Waals surface area contributed by atoms with Crippen molar-refractivity contribution in [2.45, 2.75) is 361 Å². The van der Waals surface area contributed by atoms with Gasteiger partial charge in [-0.2, -0.15) is 0 Å². The summed E-state index contributed by atoms with van der Waals surface area (Å²) in [6.07, 6.45) is 45.7. The summed E-state index contributed by atoms with van der Waals surface area (Å²) in [5.74, 6) is -1.34. The van der Waals surface area contributed by atoms with Crippen molar-refractivity contribution in [1.29, 1.82) is 0 Å². The minimum Gasteiger partial charge on any atom is -0.462 e. The Kier molecular flexibility index (Phi) is 59.2. The fraction of sp³-hybridized carbons (Fsp3) is 0.940. The molecule has 0 aliphatic carbocycles. The summed E-state index contributed by atoms with van der Waals surface area (Å²) in [6.45, 7) is 7.21. The molecular formula is C67H130O17P2. The zero-order valence-corrected chi connectivity index (χ0v) is 57.2. The predicted molar refractivity (Wildman–Crippen MR) is 345 cm³/mol. The van der Waals surface area contributed by atoms with E-state index in [4.69, 9.17) is 37.0 Å². The molecule has 0 spiro atoms. The van der Waals surface area contributed by atoms with Gasteiger partial charge in [0.2, 0.25) is 0 Å². The molecule has 0 aliphatic rings. The fourth-order valence-electron chi connectivity index (χ4n) is 10.1. The van der Waals surface area contributed by atoms with E-state index in [0.717, 1.165) is 102 Å². The summed E-state index contributed by atoms with van der Waals surface area (Å²) in [5.41, 5.74) is 0. The minimum absolute atomic E-state index is 0.106. The van der Waals surface area contributed by atoms with Crippen LogP contribution in [0.5, 0.6) is 0 Å². The molecule has 510 valence electrons. The first kappa shape index (κ1) is 84.1. The number of phosphoric ester groups is 2. The SMILES string of the molecule is CCCCCCCCCCCCCCC(=O)OC[C@H](COP(=O)(O)OC[C@@H](O)COP(=O)(O)OC[C@@H](COC(=O)CCCCCCCCCC)OC(=O)CCCCCCCCCCCC)OC(=O)CCCCCCCCCCCCCCCC(C)C. The minimum atomic E-state index is -4.95. The van der Waals surface area contributed by atoms with Gasteiger partial charge in [-0.25, -0.2) is 9.13 Å². The number of rotatable bonds is 67. The number of carbonyl (C=O) groups is 4. The molecule has 0 amide bonds. The van der Waals surface area contributed by atoms with Gasteiger partial charge >= 0.3 is 39.5 Å². The lowest BCUT2D eigenvalue weighted by molar-refractivity contribution is -0.161. The maximum absolute atomic E-state index is 13.0. The topological polar surface area (TPSA) is 237 Å². The largest absolute Gasteiger partial charge is 0.472 e. The first-order valence-corrected chi connectivity index (χ1v) is 38.1. The van der Waals surface area contributed by atoms with Crippen LogP contribution in [0.1, 0.15) is 343 Å². The van der Waals surface area contributed by atoms with E-state index < -0.39 is 97.5 Å². The van der Waals surface area contributed by atoms with E-state index in [1.807, 2.05) is 0 Å². The number of carbonyl (C=O) groups excluding carboxylic acids is 4. The second-order valence-electron chi connectivity index (χ2n) is 24.7. The molecule has 0 saturated carbocycles. The number of ether oxygens (including phenoxy) is 4. The zero-order chi connectivity index (χ0) is 63.5. The number of unbranched alkanes of at least 4 members (excludes halogenated alkanes) is 39. The Bertz CT molecular complexity index is 1670. The highest BCUT2D eigenvalue weighted by Gasteiger charge is 2.30. The van der Waals surface area contributed by atoms with Crippen LogP contribution in [0.3, 0.4) is 0 Å². The molecule has 19 heteroatoms. The number of phosphoric acid groups is 2. The number of esters is 4. The fourth-order valence-corrected chi connectivity index (χ4v) is 11.7. The Hall–Kier alpha value is -1.94. The summed E-state index contributed by atoms with van der Waals surface area (Å²) >= 11 is 0. The molecule has 3 N–H and O–H groups in total. The summed E-state index contributed by atoms with van der Waals surface area (Å²) in [6, 6.07) is 0. The van der Waals surface area contributed by atoms with Crippen molar-refractivity contribution in [3.8, 4) is 0 Å². The van der Waals surface area contributed by atoms with Gasteiger partial charge < -0.3 is 33.8 Å². The number of hydrogen-bond acceptors (Lipinski definition) is 15. The molecule has 2 unspecified atom stereocenters. The molecular weight excluding hydrogens is 1140 g/mol. The van der Waals surface area contributed by atoms with Crippen LogP contribution >= 0.6 is 15.6 Å². The van der Waals surface area contributed by atoms with Crippen molar-refractivity contribution >= 4 is 39.5 Å². The molecule has 0 radical (unpaired) electrons. The number of aliphatic hydroxyl groups is 1. The Morgan fingerprint density at radius 2 is 0.535 bits per heavy atom. The molecule has 0 saturated heterocycles. The van der Waals surface area contributed by atoms with Crippen molar-refractivity contribution in [1.82, 2.24) is 0 Å².